The van der Waals surface area contributed by atoms with Crippen molar-refractivity contribution < 1.29 is 9.18 Å². The van der Waals surface area contributed by atoms with Crippen LogP contribution < -0.4 is 10.6 Å². The minimum absolute atomic E-state index is 0.0373. The average Bonchev–Trinajstić information content (AvgIpc) is 2.72. The van der Waals surface area contributed by atoms with Crippen molar-refractivity contribution in [2.75, 3.05) is 20.1 Å². The van der Waals surface area contributed by atoms with Crippen molar-refractivity contribution in [3.05, 3.63) is 69.4 Å². The summed E-state index contributed by atoms with van der Waals surface area (Å²) in [6.07, 6.45) is 2.08. The number of piperidine rings is 1. The molecule has 4 nitrogen and oxygen atoms in total. The van der Waals surface area contributed by atoms with Gasteiger partial charge >= 0.3 is 0 Å². The molecule has 2 N–H and O–H groups in total. The topological polar surface area (TPSA) is 64.9 Å². The molecule has 28 heavy (non-hydrogen) atoms. The van der Waals surface area contributed by atoms with Gasteiger partial charge in [-0.2, -0.15) is 5.26 Å². The van der Waals surface area contributed by atoms with Gasteiger partial charge in [0.05, 0.1) is 17.6 Å². The van der Waals surface area contributed by atoms with Crippen molar-refractivity contribution >= 4 is 21.8 Å². The lowest BCUT2D eigenvalue weighted by atomic mass is 9.62. The van der Waals surface area contributed by atoms with Gasteiger partial charge in [0, 0.05) is 16.9 Å². The van der Waals surface area contributed by atoms with E-state index < -0.39 is 5.41 Å². The summed E-state index contributed by atoms with van der Waals surface area (Å²) in [6, 6.07) is 14.3. The molecular weight excluding hydrogens is 421 g/mol. The number of carbonyl (C=O) groups excluding carboxylic acids is 1. The minimum Gasteiger partial charge on any atom is -0.359 e. The summed E-state index contributed by atoms with van der Waals surface area (Å²) in [5.41, 5.74) is 2.08. The third-order valence-electron chi connectivity index (χ3n) is 5.67. The molecule has 6 heteroatoms. The number of rotatable bonds is 5. The van der Waals surface area contributed by atoms with Gasteiger partial charge in [-0.05, 0) is 73.8 Å². The Morgan fingerprint density at radius 2 is 1.96 bits per heavy atom. The highest BCUT2D eigenvalue weighted by atomic mass is 79.9. The zero-order chi connectivity index (χ0) is 20.1. The van der Waals surface area contributed by atoms with Gasteiger partial charge in [0.25, 0.3) is 0 Å². The van der Waals surface area contributed by atoms with Crippen LogP contribution in [0, 0.1) is 23.1 Å². The molecule has 0 saturated carbocycles. The zero-order valence-corrected chi connectivity index (χ0v) is 17.4. The van der Waals surface area contributed by atoms with E-state index in [0.717, 1.165) is 41.5 Å². The molecule has 1 atom stereocenters. The Bertz CT molecular complexity index is 886. The molecule has 146 valence electrons. The van der Waals surface area contributed by atoms with Gasteiger partial charge in [0.1, 0.15) is 5.82 Å². The van der Waals surface area contributed by atoms with Crippen LogP contribution in [0.3, 0.4) is 0 Å². The Hall–Kier alpha value is -2.23. The lowest BCUT2D eigenvalue weighted by molar-refractivity contribution is -0.127. The molecule has 3 rings (SSSR count). The molecule has 2 aromatic rings. The van der Waals surface area contributed by atoms with Crippen LogP contribution in [0.25, 0.3) is 0 Å². The van der Waals surface area contributed by atoms with Crippen molar-refractivity contribution in [1.29, 1.82) is 5.26 Å². The third-order valence-corrected chi connectivity index (χ3v) is 6.13. The first kappa shape index (κ1) is 20.5. The fourth-order valence-corrected chi connectivity index (χ4v) is 4.82. The van der Waals surface area contributed by atoms with Gasteiger partial charge < -0.3 is 10.6 Å². The number of amides is 1. The highest BCUT2D eigenvalue weighted by Crippen LogP contribution is 2.42. The number of nitrogens with one attached hydrogen (secondary N) is 2. The maximum Gasteiger partial charge on any atom is 0.224 e. The van der Waals surface area contributed by atoms with Gasteiger partial charge in [-0.3, -0.25) is 4.79 Å². The van der Waals surface area contributed by atoms with Gasteiger partial charge in [-0.15, -0.1) is 0 Å². The SMILES string of the molecule is CNC(=O)C(Cc1cc(Br)cc(C#N)c1)C1(c2ccc(F)cc2)CCNCC1. The fraction of sp³-hybridized carbons (Fsp3) is 0.364. The van der Waals surface area contributed by atoms with E-state index in [-0.39, 0.29) is 17.6 Å². The Labute approximate surface area is 173 Å². The number of nitriles is 1. The number of hydrogen-bond donors (Lipinski definition) is 2. The second-order valence-corrected chi connectivity index (χ2v) is 8.16. The van der Waals surface area contributed by atoms with E-state index in [2.05, 4.69) is 32.6 Å². The third kappa shape index (κ3) is 4.26. The zero-order valence-electron chi connectivity index (χ0n) is 15.8. The smallest absolute Gasteiger partial charge is 0.224 e. The van der Waals surface area contributed by atoms with E-state index in [4.69, 9.17) is 0 Å². The van der Waals surface area contributed by atoms with E-state index in [1.54, 1.807) is 25.2 Å². The largest absolute Gasteiger partial charge is 0.359 e. The molecule has 0 spiro atoms. The second-order valence-electron chi connectivity index (χ2n) is 7.24. The first-order valence-electron chi connectivity index (χ1n) is 9.36. The average molecular weight is 444 g/mol. The van der Waals surface area contributed by atoms with Crippen LogP contribution in [0.5, 0.6) is 0 Å². The summed E-state index contributed by atoms with van der Waals surface area (Å²) in [5, 5.41) is 15.5. The van der Waals surface area contributed by atoms with Crippen LogP contribution >= 0.6 is 15.9 Å². The molecule has 0 bridgehead atoms. The summed E-state index contributed by atoms with van der Waals surface area (Å²) >= 11 is 3.46. The van der Waals surface area contributed by atoms with E-state index in [9.17, 15) is 14.4 Å². The molecule has 0 radical (unpaired) electrons. The predicted molar refractivity (Wildman–Crippen MR) is 110 cm³/mol. The number of benzene rings is 2. The molecule has 0 aromatic heterocycles. The van der Waals surface area contributed by atoms with Gasteiger partial charge in [-0.25, -0.2) is 4.39 Å². The Balaban J connectivity index is 2.07. The molecular formula is C22H23BrFN3O. The molecule has 1 heterocycles. The normalized spacial score (nSPS) is 16.8. The lowest BCUT2D eigenvalue weighted by Gasteiger charge is -2.44. The van der Waals surface area contributed by atoms with Crippen LogP contribution in [0.4, 0.5) is 4.39 Å². The van der Waals surface area contributed by atoms with Crippen molar-refractivity contribution in [2.45, 2.75) is 24.7 Å². The van der Waals surface area contributed by atoms with Crippen LogP contribution in [-0.2, 0) is 16.6 Å². The molecule has 1 amide bonds. The second kappa shape index (κ2) is 8.85. The molecule has 1 aliphatic heterocycles. The Morgan fingerprint density at radius 1 is 1.29 bits per heavy atom. The van der Waals surface area contributed by atoms with Crippen molar-refractivity contribution in [3.63, 3.8) is 0 Å². The summed E-state index contributed by atoms with van der Waals surface area (Å²) in [6.45, 7) is 1.60. The summed E-state index contributed by atoms with van der Waals surface area (Å²) in [7, 11) is 1.65. The number of hydrogen-bond acceptors (Lipinski definition) is 3. The van der Waals surface area contributed by atoms with Crippen molar-refractivity contribution in [3.8, 4) is 6.07 Å². The minimum atomic E-state index is -0.395. The van der Waals surface area contributed by atoms with Crippen LogP contribution in [0.2, 0.25) is 0 Å². The van der Waals surface area contributed by atoms with Crippen LogP contribution in [-0.4, -0.2) is 26.0 Å². The molecule has 1 aliphatic rings. The van der Waals surface area contributed by atoms with Crippen LogP contribution in [0.15, 0.2) is 46.9 Å². The molecule has 1 fully saturated rings. The maximum atomic E-state index is 13.6. The van der Waals surface area contributed by atoms with E-state index in [1.165, 1.54) is 12.1 Å². The maximum absolute atomic E-state index is 13.6. The standard InChI is InChI=1S/C22H23BrFN3O/c1-26-21(28)20(13-15-10-16(14-25)12-18(23)11-15)22(6-8-27-9-7-22)17-2-4-19(24)5-3-17/h2-5,10-12,20,27H,6-9,13H2,1H3,(H,26,28). The number of nitrogens with zero attached hydrogens (tertiary/aromatic N) is 1. The summed E-state index contributed by atoms with van der Waals surface area (Å²) < 4.78 is 14.4. The van der Waals surface area contributed by atoms with Gasteiger partial charge in [-0.1, -0.05) is 28.1 Å². The Morgan fingerprint density at radius 3 is 2.57 bits per heavy atom. The number of halogens is 2. The molecule has 0 aliphatic carbocycles. The number of carbonyl (C=O) groups is 1. The van der Waals surface area contributed by atoms with Crippen molar-refractivity contribution in [2.24, 2.45) is 5.92 Å². The molecule has 1 unspecified atom stereocenters. The lowest BCUT2D eigenvalue weighted by Crippen LogP contribution is -2.50. The molecule has 2 aromatic carbocycles. The summed E-state index contributed by atoms with van der Waals surface area (Å²) in [5.74, 6) is -0.648. The first-order chi connectivity index (χ1) is 13.5. The van der Waals surface area contributed by atoms with Gasteiger partial charge in [0.2, 0.25) is 5.91 Å². The first-order valence-corrected chi connectivity index (χ1v) is 10.2. The fourth-order valence-electron chi connectivity index (χ4n) is 4.27. The highest BCUT2D eigenvalue weighted by molar-refractivity contribution is 9.10. The van der Waals surface area contributed by atoms with Crippen LogP contribution in [0.1, 0.15) is 29.5 Å². The van der Waals surface area contributed by atoms with E-state index >= 15 is 0 Å². The molecule has 1 saturated heterocycles. The quantitative estimate of drug-likeness (QED) is 0.740. The van der Waals surface area contributed by atoms with Crippen molar-refractivity contribution in [1.82, 2.24) is 10.6 Å². The Kier molecular flexibility index (Phi) is 6.48. The van der Waals surface area contributed by atoms with Gasteiger partial charge in [0.15, 0.2) is 0 Å². The highest BCUT2D eigenvalue weighted by Gasteiger charge is 2.44. The predicted octanol–water partition coefficient (Wildman–Crippen LogP) is 3.69. The van der Waals surface area contributed by atoms with E-state index in [1.807, 2.05) is 12.1 Å². The van der Waals surface area contributed by atoms with E-state index in [0.29, 0.717) is 12.0 Å². The monoisotopic (exact) mass is 443 g/mol. The summed E-state index contributed by atoms with van der Waals surface area (Å²) in [4.78, 5) is 13.0.